The highest BCUT2D eigenvalue weighted by Crippen LogP contribution is 2.26. The SMILES string of the molecule is O[C@H](CBr)c1cc(Br)cs1. The van der Waals surface area contributed by atoms with Crippen molar-refractivity contribution in [3.05, 3.63) is 20.8 Å². The van der Waals surface area contributed by atoms with E-state index >= 15 is 0 Å². The Morgan fingerprint density at radius 2 is 2.40 bits per heavy atom. The molecule has 56 valence electrons. The lowest BCUT2D eigenvalue weighted by atomic mass is 10.3. The molecule has 0 aliphatic carbocycles. The van der Waals surface area contributed by atoms with Gasteiger partial charge in [-0.25, -0.2) is 0 Å². The van der Waals surface area contributed by atoms with Gasteiger partial charge in [-0.05, 0) is 22.0 Å². The Morgan fingerprint density at radius 1 is 1.70 bits per heavy atom. The van der Waals surface area contributed by atoms with Crippen LogP contribution in [0.2, 0.25) is 0 Å². The second-order valence-electron chi connectivity index (χ2n) is 1.84. The number of hydrogen-bond donors (Lipinski definition) is 1. The maximum atomic E-state index is 9.29. The van der Waals surface area contributed by atoms with Gasteiger partial charge in [0.1, 0.15) is 0 Å². The molecule has 0 unspecified atom stereocenters. The monoisotopic (exact) mass is 284 g/mol. The molecule has 0 bridgehead atoms. The van der Waals surface area contributed by atoms with Crippen LogP contribution in [0.1, 0.15) is 11.0 Å². The Hall–Kier alpha value is 0.620. The van der Waals surface area contributed by atoms with Crippen LogP contribution in [0.5, 0.6) is 0 Å². The quantitative estimate of drug-likeness (QED) is 0.829. The molecule has 1 heterocycles. The van der Waals surface area contributed by atoms with Crippen LogP contribution in [0.4, 0.5) is 0 Å². The minimum Gasteiger partial charge on any atom is -0.387 e. The molecule has 1 aromatic heterocycles. The van der Waals surface area contributed by atoms with Crippen LogP contribution in [-0.2, 0) is 0 Å². The molecule has 1 aromatic rings. The third-order valence-electron chi connectivity index (χ3n) is 1.06. The second-order valence-corrected chi connectivity index (χ2v) is 4.34. The molecule has 0 aliphatic rings. The largest absolute Gasteiger partial charge is 0.387 e. The number of alkyl halides is 1. The Morgan fingerprint density at radius 3 is 2.80 bits per heavy atom. The molecule has 4 heteroatoms. The summed E-state index contributed by atoms with van der Waals surface area (Å²) in [4.78, 5) is 0.990. The maximum Gasteiger partial charge on any atom is 0.0978 e. The first-order valence-corrected chi connectivity index (χ1v) is 5.51. The molecule has 0 saturated heterocycles. The normalized spacial score (nSPS) is 13.5. The Balaban J connectivity index is 2.74. The number of aliphatic hydroxyl groups excluding tert-OH is 1. The van der Waals surface area contributed by atoms with E-state index in [2.05, 4.69) is 31.9 Å². The summed E-state index contributed by atoms with van der Waals surface area (Å²) in [5, 5.41) is 11.8. The summed E-state index contributed by atoms with van der Waals surface area (Å²) in [6.45, 7) is 0. The summed E-state index contributed by atoms with van der Waals surface area (Å²) < 4.78 is 1.03. The van der Waals surface area contributed by atoms with Crippen LogP contribution in [-0.4, -0.2) is 10.4 Å². The molecule has 0 amide bonds. The highest BCUT2D eigenvalue weighted by Gasteiger charge is 2.06. The molecule has 1 nitrogen and oxygen atoms in total. The van der Waals surface area contributed by atoms with Crippen molar-refractivity contribution >= 4 is 43.2 Å². The highest BCUT2D eigenvalue weighted by molar-refractivity contribution is 9.10. The van der Waals surface area contributed by atoms with Gasteiger partial charge >= 0.3 is 0 Å². The molecule has 0 spiro atoms. The fourth-order valence-electron chi connectivity index (χ4n) is 0.579. The molecule has 0 aromatic carbocycles. The van der Waals surface area contributed by atoms with Crippen molar-refractivity contribution in [2.75, 3.05) is 5.33 Å². The van der Waals surface area contributed by atoms with Gasteiger partial charge in [-0.1, -0.05) is 15.9 Å². The third kappa shape index (κ3) is 2.05. The molecule has 0 aliphatic heterocycles. The smallest absolute Gasteiger partial charge is 0.0978 e. The van der Waals surface area contributed by atoms with E-state index in [1.54, 1.807) is 11.3 Å². The van der Waals surface area contributed by atoms with E-state index in [9.17, 15) is 5.11 Å². The fourth-order valence-corrected chi connectivity index (χ4v) is 2.57. The number of hydrogen-bond acceptors (Lipinski definition) is 2. The topological polar surface area (TPSA) is 20.2 Å². The number of halogens is 2. The summed E-state index contributed by atoms with van der Waals surface area (Å²) >= 11 is 8.07. The minimum absolute atomic E-state index is 0.365. The van der Waals surface area contributed by atoms with Gasteiger partial charge in [-0.3, -0.25) is 0 Å². The molecular formula is C6H6Br2OS. The van der Waals surface area contributed by atoms with Crippen molar-refractivity contribution in [1.29, 1.82) is 0 Å². The Kier molecular flexibility index (Phi) is 3.36. The van der Waals surface area contributed by atoms with E-state index in [4.69, 9.17) is 0 Å². The molecule has 1 atom stereocenters. The molecule has 0 fully saturated rings. The predicted molar refractivity (Wildman–Crippen MR) is 50.8 cm³/mol. The van der Waals surface area contributed by atoms with Gasteiger partial charge in [0.05, 0.1) is 6.10 Å². The first-order valence-electron chi connectivity index (χ1n) is 2.72. The lowest BCUT2D eigenvalue weighted by Crippen LogP contribution is -1.93. The van der Waals surface area contributed by atoms with Gasteiger partial charge in [0, 0.05) is 20.1 Å². The van der Waals surface area contributed by atoms with Crippen molar-refractivity contribution in [3.8, 4) is 0 Å². The standard InChI is InChI=1S/C6H6Br2OS/c7-2-5(9)6-1-4(8)3-10-6/h1,3,5,9H,2H2/t5-/m1/s1. The summed E-state index contributed by atoms with van der Waals surface area (Å²) in [5.74, 6) is 0. The second kappa shape index (κ2) is 3.85. The first-order chi connectivity index (χ1) is 4.74. The van der Waals surface area contributed by atoms with Gasteiger partial charge in [-0.15, -0.1) is 11.3 Å². The molecule has 0 saturated carbocycles. The van der Waals surface area contributed by atoms with Gasteiger partial charge < -0.3 is 5.11 Å². The highest BCUT2D eigenvalue weighted by atomic mass is 79.9. The van der Waals surface area contributed by atoms with Crippen LogP contribution in [0.3, 0.4) is 0 Å². The predicted octanol–water partition coefficient (Wildman–Crippen LogP) is 2.94. The summed E-state index contributed by atoms with van der Waals surface area (Å²) in [7, 11) is 0. The third-order valence-corrected chi connectivity index (χ3v) is 3.47. The number of thiophene rings is 1. The lowest BCUT2D eigenvalue weighted by molar-refractivity contribution is 0.209. The van der Waals surface area contributed by atoms with Crippen molar-refractivity contribution in [3.63, 3.8) is 0 Å². The first kappa shape index (κ1) is 8.71. The lowest BCUT2D eigenvalue weighted by Gasteiger charge is -2.00. The minimum atomic E-state index is -0.365. The fraction of sp³-hybridized carbons (Fsp3) is 0.333. The van der Waals surface area contributed by atoms with Gasteiger partial charge in [0.15, 0.2) is 0 Å². The Bertz CT molecular complexity index is 211. The summed E-state index contributed by atoms with van der Waals surface area (Å²) in [6, 6.07) is 1.93. The summed E-state index contributed by atoms with van der Waals surface area (Å²) in [5.41, 5.74) is 0. The zero-order valence-electron chi connectivity index (χ0n) is 5.05. The van der Waals surface area contributed by atoms with Gasteiger partial charge in [-0.2, -0.15) is 0 Å². The van der Waals surface area contributed by atoms with Crippen LogP contribution < -0.4 is 0 Å². The van der Waals surface area contributed by atoms with E-state index in [1.165, 1.54) is 0 Å². The van der Waals surface area contributed by atoms with Crippen molar-refractivity contribution < 1.29 is 5.11 Å². The van der Waals surface area contributed by atoms with Gasteiger partial charge in [0.25, 0.3) is 0 Å². The van der Waals surface area contributed by atoms with Crippen molar-refractivity contribution in [2.24, 2.45) is 0 Å². The molecule has 0 radical (unpaired) electrons. The average Bonchev–Trinajstić information content (AvgIpc) is 2.34. The molecule has 10 heavy (non-hydrogen) atoms. The van der Waals surface area contributed by atoms with E-state index < -0.39 is 0 Å². The van der Waals surface area contributed by atoms with E-state index in [0.29, 0.717) is 5.33 Å². The Labute approximate surface area is 80.3 Å². The van der Waals surface area contributed by atoms with Crippen LogP contribution in [0.15, 0.2) is 15.9 Å². The van der Waals surface area contributed by atoms with E-state index in [0.717, 1.165) is 9.35 Å². The van der Waals surface area contributed by atoms with Crippen LogP contribution in [0.25, 0.3) is 0 Å². The summed E-state index contributed by atoms with van der Waals surface area (Å²) in [6.07, 6.45) is -0.365. The van der Waals surface area contributed by atoms with Crippen LogP contribution in [0, 0.1) is 0 Å². The van der Waals surface area contributed by atoms with E-state index in [1.807, 2.05) is 11.4 Å². The molecular weight excluding hydrogens is 280 g/mol. The zero-order valence-corrected chi connectivity index (χ0v) is 9.04. The van der Waals surface area contributed by atoms with Crippen molar-refractivity contribution in [1.82, 2.24) is 0 Å². The number of rotatable bonds is 2. The molecule has 1 rings (SSSR count). The zero-order chi connectivity index (χ0) is 7.56. The van der Waals surface area contributed by atoms with E-state index in [-0.39, 0.29) is 6.10 Å². The van der Waals surface area contributed by atoms with Crippen molar-refractivity contribution in [2.45, 2.75) is 6.10 Å². The van der Waals surface area contributed by atoms with Crippen LogP contribution >= 0.6 is 43.2 Å². The maximum absolute atomic E-state index is 9.29. The average molecular weight is 286 g/mol. The molecule has 1 N–H and O–H groups in total. The number of aliphatic hydroxyl groups is 1. The van der Waals surface area contributed by atoms with Gasteiger partial charge in [0.2, 0.25) is 0 Å².